The van der Waals surface area contributed by atoms with E-state index in [0.717, 1.165) is 11.3 Å². The van der Waals surface area contributed by atoms with Crippen LogP contribution >= 0.6 is 0 Å². The molecule has 2 rings (SSSR count). The summed E-state index contributed by atoms with van der Waals surface area (Å²) in [5.74, 6) is -0.221. The predicted octanol–water partition coefficient (Wildman–Crippen LogP) is 3.67. The summed E-state index contributed by atoms with van der Waals surface area (Å²) in [5, 5.41) is 3.80. The van der Waals surface area contributed by atoms with Crippen molar-refractivity contribution in [3.63, 3.8) is 0 Å². The Morgan fingerprint density at radius 1 is 1.27 bits per heavy atom. The average molecular weight is 203 g/mol. The van der Waals surface area contributed by atoms with Crippen molar-refractivity contribution >= 4 is 5.83 Å². The molecule has 0 aliphatic rings. The van der Waals surface area contributed by atoms with E-state index in [0.29, 0.717) is 5.56 Å². The molecule has 0 unspecified atom stereocenters. The van der Waals surface area contributed by atoms with Crippen molar-refractivity contribution in [1.82, 2.24) is 5.16 Å². The third-order valence-corrected chi connectivity index (χ3v) is 2.15. The smallest absolute Gasteiger partial charge is 0.126 e. The van der Waals surface area contributed by atoms with Crippen LogP contribution in [-0.2, 0) is 0 Å². The molecule has 0 atom stereocenters. The molecule has 1 heterocycles. The second-order valence-electron chi connectivity index (χ2n) is 3.10. The van der Waals surface area contributed by atoms with Gasteiger partial charge in [0.1, 0.15) is 17.8 Å². The second kappa shape index (κ2) is 4.09. The van der Waals surface area contributed by atoms with Gasteiger partial charge in [0.05, 0.1) is 0 Å². The molecule has 76 valence electrons. The minimum atomic E-state index is -0.221. The first-order valence-corrected chi connectivity index (χ1v) is 4.64. The van der Waals surface area contributed by atoms with E-state index in [4.69, 9.17) is 4.52 Å². The van der Waals surface area contributed by atoms with Gasteiger partial charge in [-0.15, -0.1) is 0 Å². The summed E-state index contributed by atoms with van der Waals surface area (Å²) in [6.07, 6.45) is 2.95. The van der Waals surface area contributed by atoms with Crippen molar-refractivity contribution in [3.8, 4) is 11.3 Å². The maximum atomic E-state index is 13.2. The number of rotatable bonds is 2. The molecule has 2 nitrogen and oxygen atoms in total. The lowest BCUT2D eigenvalue weighted by atomic mass is 10.1. The molecule has 0 bridgehead atoms. The fourth-order valence-corrected chi connectivity index (χ4v) is 1.33. The minimum Gasteiger partial charge on any atom is -0.364 e. The zero-order valence-electron chi connectivity index (χ0n) is 8.27. The Hall–Kier alpha value is -1.90. The molecule has 2 aromatic rings. The summed E-state index contributed by atoms with van der Waals surface area (Å²) in [6, 6.07) is 8.84. The molecule has 0 spiro atoms. The highest BCUT2D eigenvalue weighted by Crippen LogP contribution is 2.21. The van der Waals surface area contributed by atoms with E-state index < -0.39 is 0 Å². The Balaban J connectivity index is 2.33. The van der Waals surface area contributed by atoms with Crippen LogP contribution in [0, 0.1) is 0 Å². The number of nitrogens with zero attached hydrogens (tertiary/aromatic N) is 1. The topological polar surface area (TPSA) is 26.0 Å². The lowest BCUT2D eigenvalue weighted by molar-refractivity contribution is 0.422. The van der Waals surface area contributed by atoms with Crippen molar-refractivity contribution < 1.29 is 8.91 Å². The lowest BCUT2D eigenvalue weighted by Crippen LogP contribution is -1.80. The molecular formula is C12H10FNO. The second-order valence-corrected chi connectivity index (χ2v) is 3.10. The molecule has 3 heteroatoms. The van der Waals surface area contributed by atoms with Crippen molar-refractivity contribution in [2.24, 2.45) is 0 Å². The maximum Gasteiger partial charge on any atom is 0.126 e. The van der Waals surface area contributed by atoms with Gasteiger partial charge in [0.15, 0.2) is 0 Å². The standard InChI is InChI=1S/C12H10FNO/c1-2-11(13)9-3-5-10(6-4-9)12-7-8-15-14-12/h2-8H,1H3/b11-2+. The van der Waals surface area contributed by atoms with E-state index in [1.54, 1.807) is 25.1 Å². The summed E-state index contributed by atoms with van der Waals surface area (Å²) in [4.78, 5) is 0. The van der Waals surface area contributed by atoms with Gasteiger partial charge in [-0.3, -0.25) is 0 Å². The summed E-state index contributed by atoms with van der Waals surface area (Å²) < 4.78 is 17.9. The Labute approximate surface area is 87.0 Å². The number of hydrogen-bond acceptors (Lipinski definition) is 2. The molecule has 0 saturated carbocycles. The van der Waals surface area contributed by atoms with Crippen LogP contribution in [-0.4, -0.2) is 5.16 Å². The van der Waals surface area contributed by atoms with E-state index in [-0.39, 0.29) is 5.83 Å². The molecule has 0 radical (unpaired) electrons. The van der Waals surface area contributed by atoms with Gasteiger partial charge in [-0.25, -0.2) is 4.39 Å². The third kappa shape index (κ3) is 1.96. The summed E-state index contributed by atoms with van der Waals surface area (Å²) in [5.41, 5.74) is 2.24. The van der Waals surface area contributed by atoms with Crippen LogP contribution in [0.3, 0.4) is 0 Å². The van der Waals surface area contributed by atoms with Gasteiger partial charge in [-0.1, -0.05) is 35.5 Å². The van der Waals surface area contributed by atoms with Crippen molar-refractivity contribution in [2.75, 3.05) is 0 Å². The van der Waals surface area contributed by atoms with Gasteiger partial charge < -0.3 is 4.52 Å². The van der Waals surface area contributed by atoms with Gasteiger partial charge >= 0.3 is 0 Å². The SMILES string of the molecule is C/C=C(/F)c1ccc(-c2ccon2)cc1. The van der Waals surface area contributed by atoms with Crippen molar-refractivity contribution in [3.05, 3.63) is 48.2 Å². The summed E-state index contributed by atoms with van der Waals surface area (Å²) >= 11 is 0. The highest BCUT2D eigenvalue weighted by Gasteiger charge is 2.02. The first-order chi connectivity index (χ1) is 7.31. The first-order valence-electron chi connectivity index (χ1n) is 4.64. The highest BCUT2D eigenvalue weighted by molar-refractivity contribution is 5.64. The first kappa shape index (κ1) is 9.65. The van der Waals surface area contributed by atoms with Crippen LogP contribution in [0.1, 0.15) is 12.5 Å². The fraction of sp³-hybridized carbons (Fsp3) is 0.0833. The Kier molecular flexibility index (Phi) is 2.63. The van der Waals surface area contributed by atoms with Crippen LogP contribution < -0.4 is 0 Å². The van der Waals surface area contributed by atoms with Gasteiger partial charge in [0.2, 0.25) is 0 Å². The summed E-state index contributed by atoms with van der Waals surface area (Å²) in [6.45, 7) is 1.67. The largest absolute Gasteiger partial charge is 0.364 e. The molecule has 0 aliphatic heterocycles. The minimum absolute atomic E-state index is 0.221. The average Bonchev–Trinajstić information content (AvgIpc) is 2.82. The Bertz CT molecular complexity index is 457. The molecule has 0 saturated heterocycles. The molecule has 1 aromatic heterocycles. The van der Waals surface area contributed by atoms with Gasteiger partial charge in [-0.05, 0) is 6.92 Å². The number of benzene rings is 1. The zero-order valence-corrected chi connectivity index (χ0v) is 8.27. The van der Waals surface area contributed by atoms with E-state index in [1.807, 2.05) is 12.1 Å². The maximum absolute atomic E-state index is 13.2. The van der Waals surface area contributed by atoms with Gasteiger partial charge in [-0.2, -0.15) is 0 Å². The monoisotopic (exact) mass is 203 g/mol. The molecular weight excluding hydrogens is 193 g/mol. The van der Waals surface area contributed by atoms with E-state index >= 15 is 0 Å². The molecule has 1 aromatic carbocycles. The lowest BCUT2D eigenvalue weighted by Gasteiger charge is -1.99. The third-order valence-electron chi connectivity index (χ3n) is 2.15. The van der Waals surface area contributed by atoms with Crippen molar-refractivity contribution in [2.45, 2.75) is 6.92 Å². The number of aromatic nitrogens is 1. The van der Waals surface area contributed by atoms with E-state index in [2.05, 4.69) is 5.16 Å². The van der Waals surface area contributed by atoms with Crippen molar-refractivity contribution in [1.29, 1.82) is 0 Å². The summed E-state index contributed by atoms with van der Waals surface area (Å²) in [7, 11) is 0. The fourth-order valence-electron chi connectivity index (χ4n) is 1.33. The predicted molar refractivity (Wildman–Crippen MR) is 56.7 cm³/mol. The van der Waals surface area contributed by atoms with E-state index in [9.17, 15) is 4.39 Å². The van der Waals surface area contributed by atoms with Crippen LogP contribution in [0.5, 0.6) is 0 Å². The number of halogens is 1. The quantitative estimate of drug-likeness (QED) is 0.744. The normalized spacial score (nSPS) is 11.7. The van der Waals surface area contributed by atoms with Crippen LogP contribution in [0.15, 0.2) is 47.2 Å². The highest BCUT2D eigenvalue weighted by atomic mass is 19.1. The van der Waals surface area contributed by atoms with E-state index in [1.165, 1.54) is 12.3 Å². The van der Waals surface area contributed by atoms with Crippen LogP contribution in [0.25, 0.3) is 17.1 Å². The van der Waals surface area contributed by atoms with Gasteiger partial charge in [0.25, 0.3) is 0 Å². The van der Waals surface area contributed by atoms with Crippen LogP contribution in [0.2, 0.25) is 0 Å². The molecule has 15 heavy (non-hydrogen) atoms. The molecule has 0 aliphatic carbocycles. The van der Waals surface area contributed by atoms with Gasteiger partial charge in [0, 0.05) is 17.2 Å². The van der Waals surface area contributed by atoms with Crippen LogP contribution in [0.4, 0.5) is 4.39 Å². The Morgan fingerprint density at radius 2 is 2.00 bits per heavy atom. The molecule has 0 amide bonds. The number of hydrogen-bond donors (Lipinski definition) is 0. The Morgan fingerprint density at radius 3 is 2.53 bits per heavy atom. The number of allylic oxidation sites excluding steroid dienone is 1. The molecule has 0 N–H and O–H groups in total. The molecule has 0 fully saturated rings. The zero-order chi connectivity index (χ0) is 10.7.